The van der Waals surface area contributed by atoms with Crippen LogP contribution in [0.25, 0.3) is 0 Å². The van der Waals surface area contributed by atoms with Crippen LogP contribution in [-0.2, 0) is 24.4 Å². The van der Waals surface area contributed by atoms with Crippen LogP contribution in [0.2, 0.25) is 0 Å². The first kappa shape index (κ1) is 17.6. The molecule has 0 amide bonds. The molecule has 0 spiro atoms. The molecule has 0 bridgehead atoms. The van der Waals surface area contributed by atoms with Gasteiger partial charge in [-0.15, -0.1) is 0 Å². The van der Waals surface area contributed by atoms with Gasteiger partial charge in [0, 0.05) is 4.90 Å². The molecule has 0 aliphatic carbocycles. The lowest BCUT2D eigenvalue weighted by molar-refractivity contribution is 0.217. The van der Waals surface area contributed by atoms with E-state index in [9.17, 15) is 8.77 Å². The number of hydrogen-bond acceptors (Lipinski definition) is 4. The maximum Gasteiger partial charge on any atom is 0.346 e. The van der Waals surface area contributed by atoms with Gasteiger partial charge in [-0.3, -0.25) is 8.77 Å². The highest BCUT2D eigenvalue weighted by molar-refractivity contribution is 7.93. The highest BCUT2D eigenvalue weighted by Gasteiger charge is 2.39. The van der Waals surface area contributed by atoms with Crippen molar-refractivity contribution in [1.29, 1.82) is 0 Å². The zero-order chi connectivity index (χ0) is 15.2. The summed E-state index contributed by atoms with van der Waals surface area (Å²) in [5.41, 5.74) is 1.09. The second kappa shape index (κ2) is 8.08. The zero-order valence-corrected chi connectivity index (χ0v) is 14.2. The third-order valence-corrected chi connectivity index (χ3v) is 8.04. The van der Waals surface area contributed by atoms with Gasteiger partial charge in [0.25, 0.3) is 0 Å². The molecule has 0 aliphatic rings. The van der Waals surface area contributed by atoms with E-state index < -0.39 is 23.4 Å². The van der Waals surface area contributed by atoms with Gasteiger partial charge in [-0.2, -0.15) is 0 Å². The number of hydrogen-bond donors (Lipinski definition) is 0. The molecule has 0 saturated heterocycles. The number of benzene rings is 1. The van der Waals surface area contributed by atoms with Crippen LogP contribution in [0.4, 0.5) is 0 Å². The van der Waals surface area contributed by atoms with Crippen LogP contribution in [0.3, 0.4) is 0 Å². The number of aryl methyl sites for hydroxylation is 1. The van der Waals surface area contributed by atoms with Crippen LogP contribution in [0.5, 0.6) is 0 Å². The normalized spacial score (nSPS) is 15.0. The van der Waals surface area contributed by atoms with Gasteiger partial charge in [0.2, 0.25) is 0 Å². The topological polar surface area (TPSA) is 52.6 Å². The van der Waals surface area contributed by atoms with Gasteiger partial charge in [0.15, 0.2) is 0 Å². The smallest absolute Gasteiger partial charge is 0.308 e. The van der Waals surface area contributed by atoms with Gasteiger partial charge in [-0.25, -0.2) is 0 Å². The summed E-state index contributed by atoms with van der Waals surface area (Å²) >= 11 is 0. The van der Waals surface area contributed by atoms with Gasteiger partial charge in [0.1, 0.15) is 4.99 Å². The summed E-state index contributed by atoms with van der Waals surface area (Å²) in [6.45, 7) is 7.88. The molecule has 0 fully saturated rings. The molecule has 1 rings (SSSR count). The first-order chi connectivity index (χ1) is 9.48. The van der Waals surface area contributed by atoms with Gasteiger partial charge in [-0.05, 0) is 39.3 Å². The largest absolute Gasteiger partial charge is 0.346 e. The van der Waals surface area contributed by atoms with Crippen molar-refractivity contribution in [2.75, 3.05) is 13.2 Å². The van der Waals surface area contributed by atoms with E-state index in [0.29, 0.717) is 11.3 Å². The van der Waals surface area contributed by atoms with Crippen LogP contribution in [0.1, 0.15) is 32.8 Å². The van der Waals surface area contributed by atoms with E-state index in [-0.39, 0.29) is 13.2 Å². The molecule has 1 unspecified atom stereocenters. The summed E-state index contributed by atoms with van der Waals surface area (Å²) in [4.78, 5) is 0.0205. The van der Waals surface area contributed by atoms with Crippen molar-refractivity contribution in [3.63, 3.8) is 0 Å². The average molecular weight is 318 g/mol. The van der Waals surface area contributed by atoms with E-state index in [0.717, 1.165) is 5.56 Å². The van der Waals surface area contributed by atoms with Crippen LogP contribution < -0.4 is 0 Å². The second-order valence-electron chi connectivity index (χ2n) is 4.35. The summed E-state index contributed by atoms with van der Waals surface area (Å²) in [5, 5.41) is 0. The fraction of sp³-hybridized carbons (Fsp3) is 0.571. The Hall–Kier alpha value is -0.480. The molecule has 1 aromatic rings. The summed E-state index contributed by atoms with van der Waals surface area (Å²) in [6, 6.07) is 7.39. The van der Waals surface area contributed by atoms with E-state index in [1.165, 1.54) is 0 Å². The van der Waals surface area contributed by atoms with Crippen molar-refractivity contribution in [2.24, 2.45) is 0 Å². The lowest BCUT2D eigenvalue weighted by atomic mass is 10.2. The van der Waals surface area contributed by atoms with Crippen molar-refractivity contribution in [2.45, 2.75) is 44.0 Å². The van der Waals surface area contributed by atoms with Crippen molar-refractivity contribution in [1.82, 2.24) is 0 Å². The second-order valence-corrected chi connectivity index (χ2v) is 8.55. The molecule has 0 saturated carbocycles. The Morgan fingerprint density at radius 2 is 1.60 bits per heavy atom. The molecule has 0 radical (unpaired) electrons. The van der Waals surface area contributed by atoms with Crippen molar-refractivity contribution in [3.05, 3.63) is 29.8 Å². The minimum Gasteiger partial charge on any atom is -0.308 e. The highest BCUT2D eigenvalue weighted by atomic mass is 32.2. The first-order valence-electron chi connectivity index (χ1n) is 6.84. The quantitative estimate of drug-likeness (QED) is 0.677. The van der Waals surface area contributed by atoms with E-state index in [1.54, 1.807) is 26.0 Å². The van der Waals surface area contributed by atoms with Crippen molar-refractivity contribution in [3.8, 4) is 0 Å². The molecule has 4 nitrogen and oxygen atoms in total. The Labute approximate surface area is 123 Å². The van der Waals surface area contributed by atoms with Crippen molar-refractivity contribution < 1.29 is 17.8 Å². The summed E-state index contributed by atoms with van der Waals surface area (Å²) in [7, 11) is -4.78. The maximum atomic E-state index is 12.8. The van der Waals surface area contributed by atoms with Crippen LogP contribution in [-0.4, -0.2) is 22.4 Å². The molecule has 0 heterocycles. The third kappa shape index (κ3) is 4.26. The minimum atomic E-state index is -3.36. The molecule has 1 aromatic carbocycles. The Kier molecular flexibility index (Phi) is 7.10. The fourth-order valence-electron chi connectivity index (χ4n) is 1.89. The monoisotopic (exact) mass is 318 g/mol. The van der Waals surface area contributed by atoms with Crippen LogP contribution in [0.15, 0.2) is 29.2 Å². The maximum absolute atomic E-state index is 12.8. The lowest BCUT2D eigenvalue weighted by Gasteiger charge is -2.24. The Balaban J connectivity index is 3.06. The van der Waals surface area contributed by atoms with Crippen LogP contribution in [0, 0.1) is 6.92 Å². The summed E-state index contributed by atoms with van der Waals surface area (Å²) < 4.78 is 36.1. The predicted molar refractivity (Wildman–Crippen MR) is 82.5 cm³/mol. The lowest BCUT2D eigenvalue weighted by Crippen LogP contribution is -2.18. The van der Waals surface area contributed by atoms with E-state index in [1.807, 2.05) is 26.0 Å². The molecular weight excluding hydrogens is 295 g/mol. The first-order valence-corrected chi connectivity index (χ1v) is 9.67. The van der Waals surface area contributed by atoms with Gasteiger partial charge in [0.05, 0.1) is 24.0 Å². The van der Waals surface area contributed by atoms with Gasteiger partial charge >= 0.3 is 7.60 Å². The molecule has 114 valence electrons. The molecule has 6 heteroatoms. The Morgan fingerprint density at radius 3 is 2.00 bits per heavy atom. The van der Waals surface area contributed by atoms with Crippen LogP contribution >= 0.6 is 7.60 Å². The highest BCUT2D eigenvalue weighted by Crippen LogP contribution is 2.56. The molecule has 0 aromatic heterocycles. The van der Waals surface area contributed by atoms with E-state index in [2.05, 4.69) is 0 Å². The van der Waals surface area contributed by atoms with E-state index >= 15 is 0 Å². The zero-order valence-electron chi connectivity index (χ0n) is 12.5. The van der Waals surface area contributed by atoms with Gasteiger partial charge in [-0.1, -0.05) is 24.6 Å². The minimum absolute atomic E-state index is 0.277. The third-order valence-electron chi connectivity index (χ3n) is 2.82. The standard InChI is InChI=1S/C14H23O4PS/c1-5-14(19(15,17-6-2)18-7-3)20(16)13-10-8-12(4)9-11-13/h8-11,14H,5-7H2,1-4H3/t14?,20-/m0/s1. The summed E-state index contributed by atoms with van der Waals surface area (Å²) in [6.07, 6.45) is 0.470. The fourth-order valence-corrected chi connectivity index (χ4v) is 6.15. The Morgan fingerprint density at radius 1 is 1.10 bits per heavy atom. The SMILES string of the molecule is CCOP(=O)(OCC)C(CC)[S@@](=O)c1ccc(C)cc1. The van der Waals surface area contributed by atoms with E-state index in [4.69, 9.17) is 9.05 Å². The molecule has 20 heavy (non-hydrogen) atoms. The average Bonchev–Trinajstić information content (AvgIpc) is 2.40. The molecular formula is C14H23O4PS. The van der Waals surface area contributed by atoms with Gasteiger partial charge < -0.3 is 9.05 Å². The Bertz CT molecular complexity index is 476. The summed E-state index contributed by atoms with van der Waals surface area (Å²) in [5.74, 6) is 0. The molecule has 0 N–H and O–H groups in total. The number of rotatable bonds is 8. The predicted octanol–water partition coefficient (Wildman–Crippen LogP) is 4.10. The molecule has 2 atom stereocenters. The van der Waals surface area contributed by atoms with Crippen molar-refractivity contribution >= 4 is 18.4 Å². The molecule has 0 aliphatic heterocycles.